The predicted molar refractivity (Wildman–Crippen MR) is 87.8 cm³/mol. The normalized spacial score (nSPS) is 34.1. The molecule has 2 N–H and O–H groups in total. The van der Waals surface area contributed by atoms with Crippen molar-refractivity contribution in [3.63, 3.8) is 0 Å². The number of carbonyl (C=O) groups is 1. The average Bonchev–Trinajstić information content (AvgIpc) is 2.44. The van der Waals surface area contributed by atoms with Gasteiger partial charge in [-0.3, -0.25) is 14.7 Å². The smallest absolute Gasteiger partial charge is 0.328 e. The molecule has 0 aliphatic carbocycles. The predicted octanol–water partition coefficient (Wildman–Crippen LogP) is -0.114. The molecule has 24 heavy (non-hydrogen) atoms. The molecule has 1 aromatic carbocycles. The fourth-order valence-electron chi connectivity index (χ4n) is 3.90. The van der Waals surface area contributed by atoms with Crippen LogP contribution >= 0.6 is 11.6 Å². The van der Waals surface area contributed by atoms with Gasteiger partial charge in [-0.25, -0.2) is 17.9 Å². The number of sulfonamides is 1. The van der Waals surface area contributed by atoms with Crippen LogP contribution in [-0.2, 0) is 10.0 Å². The van der Waals surface area contributed by atoms with Crippen molar-refractivity contribution in [2.45, 2.75) is 10.4 Å². The quantitative estimate of drug-likeness (QED) is 0.771. The second kappa shape index (κ2) is 5.57. The van der Waals surface area contributed by atoms with E-state index < -0.39 is 21.6 Å². The second-order valence-corrected chi connectivity index (χ2v) is 8.82. The van der Waals surface area contributed by atoms with E-state index in [1.165, 1.54) is 24.3 Å². The Hall–Kier alpha value is -1.39. The SMILES string of the molecule is O=C(NC12CN3CN(CN(C3)C1)C2)NS(=O)(=O)c1ccc(Cl)cc1. The molecule has 4 fully saturated rings. The summed E-state index contributed by atoms with van der Waals surface area (Å²) in [6.45, 7) is 4.87. The van der Waals surface area contributed by atoms with Crippen LogP contribution in [0, 0.1) is 0 Å². The lowest BCUT2D eigenvalue weighted by Crippen LogP contribution is -2.80. The van der Waals surface area contributed by atoms with Gasteiger partial charge < -0.3 is 5.32 Å². The highest BCUT2D eigenvalue weighted by molar-refractivity contribution is 7.90. The minimum atomic E-state index is -3.92. The Bertz CT molecular complexity index is 732. The fourth-order valence-corrected chi connectivity index (χ4v) is 4.93. The zero-order valence-electron chi connectivity index (χ0n) is 12.9. The molecule has 0 aromatic heterocycles. The van der Waals surface area contributed by atoms with Crippen LogP contribution in [-0.4, -0.2) is 74.3 Å². The molecule has 4 bridgehead atoms. The number of halogens is 1. The van der Waals surface area contributed by atoms with E-state index in [1.54, 1.807) is 0 Å². The highest BCUT2D eigenvalue weighted by Crippen LogP contribution is 2.28. The van der Waals surface area contributed by atoms with Crippen molar-refractivity contribution in [3.05, 3.63) is 29.3 Å². The molecule has 0 spiro atoms. The van der Waals surface area contributed by atoms with Crippen molar-refractivity contribution in [1.82, 2.24) is 24.7 Å². The van der Waals surface area contributed by atoms with Crippen LogP contribution in [0.3, 0.4) is 0 Å². The topological polar surface area (TPSA) is 85.0 Å². The van der Waals surface area contributed by atoms with Gasteiger partial charge in [0.1, 0.15) is 0 Å². The monoisotopic (exact) mass is 371 g/mol. The van der Waals surface area contributed by atoms with E-state index in [4.69, 9.17) is 11.6 Å². The molecule has 4 heterocycles. The third kappa shape index (κ3) is 2.98. The number of benzene rings is 1. The van der Waals surface area contributed by atoms with E-state index in [2.05, 4.69) is 24.7 Å². The molecule has 0 atom stereocenters. The van der Waals surface area contributed by atoms with Gasteiger partial charge in [0.15, 0.2) is 0 Å². The summed E-state index contributed by atoms with van der Waals surface area (Å²) in [6, 6.07) is 4.98. The third-order valence-electron chi connectivity index (χ3n) is 4.51. The molecule has 130 valence electrons. The Balaban J connectivity index is 1.46. The molecular weight excluding hydrogens is 354 g/mol. The first kappa shape index (κ1) is 16.1. The molecule has 1 aromatic rings. The van der Waals surface area contributed by atoms with Crippen LogP contribution in [0.25, 0.3) is 0 Å². The first-order valence-electron chi connectivity index (χ1n) is 7.61. The number of amides is 2. The number of hydrogen-bond donors (Lipinski definition) is 2. The summed E-state index contributed by atoms with van der Waals surface area (Å²) in [7, 11) is -3.92. The highest BCUT2D eigenvalue weighted by atomic mass is 35.5. The van der Waals surface area contributed by atoms with Crippen LogP contribution in [0.2, 0.25) is 5.02 Å². The Morgan fingerprint density at radius 3 is 2.00 bits per heavy atom. The van der Waals surface area contributed by atoms with E-state index in [0.29, 0.717) is 5.02 Å². The molecule has 5 rings (SSSR count). The largest absolute Gasteiger partial charge is 0.329 e. The second-order valence-electron chi connectivity index (χ2n) is 6.70. The van der Waals surface area contributed by atoms with Crippen molar-refractivity contribution in [2.75, 3.05) is 39.6 Å². The van der Waals surface area contributed by atoms with E-state index in [-0.39, 0.29) is 4.90 Å². The van der Waals surface area contributed by atoms with Gasteiger partial charge in [-0.05, 0) is 24.3 Å². The van der Waals surface area contributed by atoms with Crippen LogP contribution < -0.4 is 10.0 Å². The summed E-state index contributed by atoms with van der Waals surface area (Å²) < 4.78 is 26.7. The number of rotatable bonds is 3. The lowest BCUT2D eigenvalue weighted by atomic mass is 9.91. The van der Waals surface area contributed by atoms with Gasteiger partial charge in [0, 0.05) is 24.7 Å². The molecule has 4 aliphatic heterocycles. The van der Waals surface area contributed by atoms with Crippen molar-refractivity contribution < 1.29 is 13.2 Å². The Labute approximate surface area is 145 Å². The van der Waals surface area contributed by atoms with Crippen LogP contribution in [0.4, 0.5) is 4.79 Å². The first-order chi connectivity index (χ1) is 11.3. The first-order valence-corrected chi connectivity index (χ1v) is 9.47. The zero-order valence-corrected chi connectivity index (χ0v) is 14.5. The summed E-state index contributed by atoms with van der Waals surface area (Å²) in [5, 5.41) is 3.32. The van der Waals surface area contributed by atoms with E-state index in [0.717, 1.165) is 39.6 Å². The molecule has 8 nitrogen and oxygen atoms in total. The average molecular weight is 372 g/mol. The minimum Gasteiger partial charge on any atom is -0.328 e. The molecule has 0 radical (unpaired) electrons. The van der Waals surface area contributed by atoms with E-state index in [1.807, 2.05) is 0 Å². The molecule has 4 aliphatic rings. The molecule has 10 heteroatoms. The Morgan fingerprint density at radius 2 is 1.50 bits per heavy atom. The van der Waals surface area contributed by atoms with Gasteiger partial charge in [0.2, 0.25) is 0 Å². The summed E-state index contributed by atoms with van der Waals surface area (Å²) in [5.74, 6) is 0. The number of carbonyl (C=O) groups excluding carboxylic acids is 1. The van der Waals surface area contributed by atoms with E-state index in [9.17, 15) is 13.2 Å². The maximum Gasteiger partial charge on any atom is 0.329 e. The molecule has 2 amide bonds. The van der Waals surface area contributed by atoms with Crippen LogP contribution in [0.15, 0.2) is 29.2 Å². The van der Waals surface area contributed by atoms with Gasteiger partial charge in [-0.1, -0.05) is 11.6 Å². The highest BCUT2D eigenvalue weighted by Gasteiger charge is 2.49. The van der Waals surface area contributed by atoms with Crippen molar-refractivity contribution in [1.29, 1.82) is 0 Å². The molecule has 0 unspecified atom stereocenters. The number of nitrogens with one attached hydrogen (secondary N) is 2. The van der Waals surface area contributed by atoms with Crippen molar-refractivity contribution in [3.8, 4) is 0 Å². The number of hydrogen-bond acceptors (Lipinski definition) is 6. The molecule has 0 saturated carbocycles. The van der Waals surface area contributed by atoms with Crippen molar-refractivity contribution in [2.24, 2.45) is 0 Å². The van der Waals surface area contributed by atoms with Gasteiger partial charge >= 0.3 is 6.03 Å². The maximum absolute atomic E-state index is 12.3. The summed E-state index contributed by atoms with van der Waals surface area (Å²) in [4.78, 5) is 19.0. The Morgan fingerprint density at radius 1 is 1.00 bits per heavy atom. The summed E-state index contributed by atoms with van der Waals surface area (Å²) in [5.41, 5.74) is -0.436. The van der Waals surface area contributed by atoms with Gasteiger partial charge in [0.25, 0.3) is 10.0 Å². The van der Waals surface area contributed by atoms with Gasteiger partial charge in [-0.15, -0.1) is 0 Å². The number of urea groups is 1. The minimum absolute atomic E-state index is 0.00353. The fraction of sp³-hybridized carbons (Fsp3) is 0.500. The summed E-state index contributed by atoms with van der Waals surface area (Å²) in [6.07, 6.45) is 0. The molecule has 4 saturated heterocycles. The third-order valence-corrected chi connectivity index (χ3v) is 6.11. The van der Waals surface area contributed by atoms with Crippen LogP contribution in [0.5, 0.6) is 0 Å². The van der Waals surface area contributed by atoms with Gasteiger partial charge in [-0.2, -0.15) is 0 Å². The van der Waals surface area contributed by atoms with Gasteiger partial charge in [0.05, 0.1) is 30.4 Å². The standard InChI is InChI=1S/C14H18ClN5O3S/c15-11-1-3-12(4-2-11)24(22,23)17-13(21)16-14-5-18-8-19(6-14)10-20(7-14)9-18/h1-4H,5-10H2,(H2,16,17,21). The molecular formula is C14H18ClN5O3S. The lowest BCUT2D eigenvalue weighted by Gasteiger charge is -2.60. The lowest BCUT2D eigenvalue weighted by molar-refractivity contribution is -0.146. The Kier molecular flexibility index (Phi) is 3.73. The van der Waals surface area contributed by atoms with Crippen LogP contribution in [0.1, 0.15) is 0 Å². The number of nitrogens with zero attached hydrogens (tertiary/aromatic N) is 3. The maximum atomic E-state index is 12.3. The summed E-state index contributed by atoms with van der Waals surface area (Å²) >= 11 is 5.76. The zero-order chi connectivity index (χ0) is 16.9. The van der Waals surface area contributed by atoms with Crippen molar-refractivity contribution >= 4 is 27.7 Å². The van der Waals surface area contributed by atoms with E-state index >= 15 is 0 Å².